The van der Waals surface area contributed by atoms with Gasteiger partial charge in [-0.25, -0.2) is 0 Å². The first-order chi connectivity index (χ1) is 5.65. The number of hydrogen-bond acceptors (Lipinski definition) is 2. The first-order valence-corrected chi connectivity index (χ1v) is 4.26. The quantitative estimate of drug-likeness (QED) is 0.424. The second-order valence-corrected chi connectivity index (χ2v) is 3.36. The van der Waals surface area contributed by atoms with Gasteiger partial charge in [-0.15, -0.1) is 4.91 Å². The van der Waals surface area contributed by atoms with Gasteiger partial charge < -0.3 is 0 Å². The van der Waals surface area contributed by atoms with Gasteiger partial charge in [0.25, 0.3) is 0 Å². The molecule has 1 rings (SSSR count). The molecule has 1 aromatic rings. The van der Waals surface area contributed by atoms with Crippen LogP contribution in [-0.4, -0.2) is 0 Å². The SMILES string of the molecule is O=NC(Cl)c1ccc(Cl)cc1Cl. The molecule has 1 atom stereocenters. The van der Waals surface area contributed by atoms with Crippen LogP contribution in [0, 0.1) is 4.91 Å². The van der Waals surface area contributed by atoms with Crippen LogP contribution >= 0.6 is 34.8 Å². The van der Waals surface area contributed by atoms with Crippen LogP contribution in [0.4, 0.5) is 0 Å². The minimum absolute atomic E-state index is 0.349. The summed E-state index contributed by atoms with van der Waals surface area (Å²) in [6.45, 7) is 0. The monoisotopic (exact) mass is 223 g/mol. The van der Waals surface area contributed by atoms with E-state index in [2.05, 4.69) is 5.18 Å². The van der Waals surface area contributed by atoms with E-state index in [0.717, 1.165) is 0 Å². The molecule has 0 aliphatic rings. The van der Waals surface area contributed by atoms with E-state index in [-0.39, 0.29) is 0 Å². The van der Waals surface area contributed by atoms with Crippen LogP contribution in [0.1, 0.15) is 11.1 Å². The molecule has 0 aliphatic heterocycles. The lowest BCUT2D eigenvalue weighted by molar-refractivity contribution is 1.01. The Morgan fingerprint density at radius 3 is 2.50 bits per heavy atom. The van der Waals surface area contributed by atoms with Gasteiger partial charge >= 0.3 is 0 Å². The zero-order chi connectivity index (χ0) is 9.14. The van der Waals surface area contributed by atoms with Crippen molar-refractivity contribution >= 4 is 34.8 Å². The smallest absolute Gasteiger partial charge is 0.149 e. The highest BCUT2D eigenvalue weighted by atomic mass is 35.5. The molecule has 0 N–H and O–H groups in total. The Bertz CT molecular complexity index is 303. The molecule has 0 saturated heterocycles. The van der Waals surface area contributed by atoms with E-state index in [9.17, 15) is 4.91 Å². The Morgan fingerprint density at radius 2 is 2.00 bits per heavy atom. The summed E-state index contributed by atoms with van der Waals surface area (Å²) in [5.41, 5.74) is -0.479. The summed E-state index contributed by atoms with van der Waals surface area (Å²) < 4.78 is 0. The standard InChI is InChI=1S/C7H4Cl3NO/c8-4-1-2-5(6(9)3-4)7(10)11-12/h1-3,7H. The molecule has 1 aromatic carbocycles. The summed E-state index contributed by atoms with van der Waals surface area (Å²) >= 11 is 16.9. The molecule has 12 heavy (non-hydrogen) atoms. The number of nitroso groups, excluding NO2 is 1. The number of rotatable bonds is 2. The van der Waals surface area contributed by atoms with E-state index in [4.69, 9.17) is 34.8 Å². The topological polar surface area (TPSA) is 29.4 Å². The molecule has 0 radical (unpaired) electrons. The van der Waals surface area contributed by atoms with Gasteiger partial charge in [0, 0.05) is 15.6 Å². The maximum atomic E-state index is 10.1. The maximum Gasteiger partial charge on any atom is 0.191 e. The average Bonchev–Trinajstić information content (AvgIpc) is 2.03. The minimum Gasteiger partial charge on any atom is -0.149 e. The van der Waals surface area contributed by atoms with Gasteiger partial charge in [-0.05, 0) is 17.3 Å². The van der Waals surface area contributed by atoms with E-state index in [1.807, 2.05) is 0 Å². The van der Waals surface area contributed by atoms with Gasteiger partial charge in [0.15, 0.2) is 5.50 Å². The molecule has 1 unspecified atom stereocenters. The van der Waals surface area contributed by atoms with Gasteiger partial charge in [0.05, 0.1) is 0 Å². The zero-order valence-electron chi connectivity index (χ0n) is 5.80. The molecule has 2 nitrogen and oxygen atoms in total. The van der Waals surface area contributed by atoms with Crippen LogP contribution in [0.3, 0.4) is 0 Å². The van der Waals surface area contributed by atoms with Gasteiger partial charge in [-0.2, -0.15) is 0 Å². The van der Waals surface area contributed by atoms with Crippen molar-refractivity contribution < 1.29 is 0 Å². The van der Waals surface area contributed by atoms with Crippen molar-refractivity contribution in [3.8, 4) is 0 Å². The fourth-order valence-electron chi connectivity index (χ4n) is 0.751. The summed E-state index contributed by atoms with van der Waals surface area (Å²) in [6.07, 6.45) is 0. The molecule has 0 bridgehead atoms. The molecule has 64 valence electrons. The predicted molar refractivity (Wildman–Crippen MR) is 50.9 cm³/mol. The molecule has 0 heterocycles. The second kappa shape index (κ2) is 4.08. The first-order valence-electron chi connectivity index (χ1n) is 3.06. The van der Waals surface area contributed by atoms with Crippen molar-refractivity contribution in [1.82, 2.24) is 0 Å². The molecule has 0 fully saturated rings. The Morgan fingerprint density at radius 1 is 1.33 bits per heavy atom. The van der Waals surface area contributed by atoms with Crippen molar-refractivity contribution in [1.29, 1.82) is 0 Å². The average molecular weight is 224 g/mol. The fraction of sp³-hybridized carbons (Fsp3) is 0.143. The lowest BCUT2D eigenvalue weighted by atomic mass is 10.2. The summed E-state index contributed by atoms with van der Waals surface area (Å²) in [7, 11) is 0. The minimum atomic E-state index is -0.949. The number of hydrogen-bond donors (Lipinski definition) is 0. The van der Waals surface area contributed by atoms with Crippen LogP contribution in [0.25, 0.3) is 0 Å². The largest absolute Gasteiger partial charge is 0.191 e. The predicted octanol–water partition coefficient (Wildman–Crippen LogP) is 4.00. The maximum absolute atomic E-state index is 10.1. The van der Waals surface area contributed by atoms with Crippen LogP contribution in [-0.2, 0) is 0 Å². The molecule has 5 heteroatoms. The van der Waals surface area contributed by atoms with Crippen LogP contribution < -0.4 is 0 Å². The normalized spacial score (nSPS) is 12.6. The van der Waals surface area contributed by atoms with Crippen LogP contribution in [0.15, 0.2) is 23.4 Å². The van der Waals surface area contributed by atoms with Crippen molar-refractivity contribution in [2.24, 2.45) is 5.18 Å². The third-order valence-electron chi connectivity index (χ3n) is 1.31. The molecule has 0 amide bonds. The Hall–Kier alpha value is -0.310. The van der Waals surface area contributed by atoms with Crippen LogP contribution in [0.5, 0.6) is 0 Å². The molecule has 0 spiro atoms. The Balaban J connectivity index is 3.09. The fourth-order valence-corrected chi connectivity index (χ4v) is 1.51. The number of halogens is 3. The Kier molecular flexibility index (Phi) is 3.32. The number of alkyl halides is 1. The summed E-state index contributed by atoms with van der Waals surface area (Å²) in [4.78, 5) is 10.1. The molecule has 0 saturated carbocycles. The molecular formula is C7H4Cl3NO. The van der Waals surface area contributed by atoms with Gasteiger partial charge in [0.2, 0.25) is 0 Å². The van der Waals surface area contributed by atoms with Crippen molar-refractivity contribution in [3.05, 3.63) is 38.7 Å². The summed E-state index contributed by atoms with van der Waals surface area (Å²) in [6, 6.07) is 4.69. The van der Waals surface area contributed by atoms with E-state index in [1.165, 1.54) is 6.07 Å². The summed E-state index contributed by atoms with van der Waals surface area (Å²) in [5.74, 6) is 0. The highest BCUT2D eigenvalue weighted by Crippen LogP contribution is 2.30. The first kappa shape index (κ1) is 9.78. The second-order valence-electron chi connectivity index (χ2n) is 2.11. The zero-order valence-corrected chi connectivity index (χ0v) is 8.07. The van der Waals surface area contributed by atoms with E-state index >= 15 is 0 Å². The van der Waals surface area contributed by atoms with Gasteiger partial charge in [0.1, 0.15) is 0 Å². The summed E-state index contributed by atoms with van der Waals surface area (Å²) in [5, 5.41) is 3.48. The highest BCUT2D eigenvalue weighted by Gasteiger charge is 2.11. The lowest BCUT2D eigenvalue weighted by Gasteiger charge is -2.03. The lowest BCUT2D eigenvalue weighted by Crippen LogP contribution is -1.86. The van der Waals surface area contributed by atoms with Crippen molar-refractivity contribution in [3.63, 3.8) is 0 Å². The van der Waals surface area contributed by atoms with Gasteiger partial charge in [-0.1, -0.05) is 40.9 Å². The van der Waals surface area contributed by atoms with Crippen molar-refractivity contribution in [2.75, 3.05) is 0 Å². The molecule has 0 aromatic heterocycles. The molecule has 0 aliphatic carbocycles. The molecular weight excluding hydrogens is 220 g/mol. The van der Waals surface area contributed by atoms with Crippen LogP contribution in [0.2, 0.25) is 10.0 Å². The van der Waals surface area contributed by atoms with Crippen molar-refractivity contribution in [2.45, 2.75) is 5.50 Å². The number of nitrogens with zero attached hydrogens (tertiary/aromatic N) is 1. The third kappa shape index (κ3) is 2.09. The van der Waals surface area contributed by atoms with Gasteiger partial charge in [-0.3, -0.25) is 0 Å². The van der Waals surface area contributed by atoms with E-state index in [0.29, 0.717) is 15.6 Å². The van der Waals surface area contributed by atoms with E-state index < -0.39 is 5.50 Å². The number of benzene rings is 1. The Labute approximate surface area is 84.4 Å². The van der Waals surface area contributed by atoms with E-state index in [1.54, 1.807) is 12.1 Å². The highest BCUT2D eigenvalue weighted by molar-refractivity contribution is 6.35. The third-order valence-corrected chi connectivity index (χ3v) is 2.19.